The summed E-state index contributed by atoms with van der Waals surface area (Å²) in [7, 11) is 0. The van der Waals surface area contributed by atoms with Gasteiger partial charge in [0.25, 0.3) is 0 Å². The van der Waals surface area contributed by atoms with Crippen LogP contribution in [0.4, 0.5) is 5.82 Å². The Bertz CT molecular complexity index is 583. The molecular weight excluding hydrogens is 282 g/mol. The first-order chi connectivity index (χ1) is 7.98. The molecule has 0 unspecified atom stereocenters. The standard InChI is InChI=1S/C12H14BrN3O/c1-12(17)4-7(5-12)16-6-8(13)10-9(16)2-3-15-11(10)14/h2-3,6-7,17H,4-5H2,1H3,(H2,14,15). The predicted octanol–water partition coefficient (Wildman–Crippen LogP) is 2.47. The SMILES string of the molecule is CC1(O)CC(n2cc(Br)c3c(N)nccc32)C1. The van der Waals surface area contributed by atoms with Crippen molar-refractivity contribution in [2.45, 2.75) is 31.4 Å². The summed E-state index contributed by atoms with van der Waals surface area (Å²) in [6, 6.07) is 2.31. The summed E-state index contributed by atoms with van der Waals surface area (Å²) in [5.41, 5.74) is 6.43. The molecule has 3 rings (SSSR count). The highest BCUT2D eigenvalue weighted by Gasteiger charge is 2.39. The molecule has 1 aliphatic rings. The van der Waals surface area contributed by atoms with Crippen LogP contribution in [0.15, 0.2) is 22.9 Å². The number of anilines is 1. The van der Waals surface area contributed by atoms with Crippen molar-refractivity contribution in [2.24, 2.45) is 0 Å². The van der Waals surface area contributed by atoms with Crippen molar-refractivity contribution < 1.29 is 5.11 Å². The number of nitrogens with two attached hydrogens (primary N) is 1. The lowest BCUT2D eigenvalue weighted by molar-refractivity contribution is -0.0497. The maximum Gasteiger partial charge on any atom is 0.133 e. The van der Waals surface area contributed by atoms with Crippen LogP contribution in [-0.2, 0) is 0 Å². The molecule has 4 nitrogen and oxygen atoms in total. The van der Waals surface area contributed by atoms with Crippen molar-refractivity contribution in [3.05, 3.63) is 22.9 Å². The number of fused-ring (bicyclic) bond motifs is 1. The van der Waals surface area contributed by atoms with Crippen molar-refractivity contribution in [3.8, 4) is 0 Å². The molecule has 0 aromatic carbocycles. The van der Waals surface area contributed by atoms with Crippen LogP contribution >= 0.6 is 15.9 Å². The maximum atomic E-state index is 9.82. The molecule has 0 saturated heterocycles. The molecular formula is C12H14BrN3O. The lowest BCUT2D eigenvalue weighted by atomic mass is 9.77. The highest BCUT2D eigenvalue weighted by Crippen LogP contribution is 2.44. The lowest BCUT2D eigenvalue weighted by Gasteiger charge is -2.42. The molecule has 2 heterocycles. The first kappa shape index (κ1) is 11.0. The van der Waals surface area contributed by atoms with E-state index in [1.54, 1.807) is 6.20 Å². The molecule has 0 amide bonds. The molecule has 2 aromatic heterocycles. The van der Waals surface area contributed by atoms with E-state index in [0.29, 0.717) is 11.9 Å². The third-order valence-corrected chi connectivity index (χ3v) is 4.07. The average Bonchev–Trinajstić information content (AvgIpc) is 2.54. The Morgan fingerprint density at radius 3 is 2.94 bits per heavy atom. The second-order valence-electron chi connectivity index (χ2n) is 5.03. The first-order valence-electron chi connectivity index (χ1n) is 5.61. The van der Waals surface area contributed by atoms with E-state index < -0.39 is 5.60 Å². The topological polar surface area (TPSA) is 64.1 Å². The van der Waals surface area contributed by atoms with Crippen LogP contribution < -0.4 is 5.73 Å². The van der Waals surface area contributed by atoms with Gasteiger partial charge < -0.3 is 15.4 Å². The van der Waals surface area contributed by atoms with Gasteiger partial charge in [-0.2, -0.15) is 0 Å². The normalized spacial score (nSPS) is 28.3. The van der Waals surface area contributed by atoms with Gasteiger partial charge in [0.05, 0.1) is 16.5 Å². The molecule has 1 saturated carbocycles. The maximum absolute atomic E-state index is 9.82. The van der Waals surface area contributed by atoms with Gasteiger partial charge in [-0.3, -0.25) is 0 Å². The van der Waals surface area contributed by atoms with Gasteiger partial charge in [-0.1, -0.05) is 0 Å². The third-order valence-electron chi connectivity index (χ3n) is 3.47. The highest BCUT2D eigenvalue weighted by molar-refractivity contribution is 9.10. The van der Waals surface area contributed by atoms with Gasteiger partial charge in [0.2, 0.25) is 0 Å². The van der Waals surface area contributed by atoms with E-state index in [4.69, 9.17) is 5.73 Å². The Morgan fingerprint density at radius 1 is 1.59 bits per heavy atom. The van der Waals surface area contributed by atoms with Crippen LogP contribution in [0.5, 0.6) is 0 Å². The molecule has 1 fully saturated rings. The number of nitrogen functional groups attached to an aromatic ring is 1. The fourth-order valence-corrected chi connectivity index (χ4v) is 3.26. The number of pyridine rings is 1. The van der Waals surface area contributed by atoms with Gasteiger partial charge in [-0.05, 0) is 41.8 Å². The van der Waals surface area contributed by atoms with Gasteiger partial charge in [0.1, 0.15) is 5.82 Å². The second-order valence-corrected chi connectivity index (χ2v) is 5.89. The molecule has 90 valence electrons. The molecule has 1 aliphatic carbocycles. The number of halogens is 1. The molecule has 0 radical (unpaired) electrons. The number of rotatable bonds is 1. The Morgan fingerprint density at radius 2 is 2.29 bits per heavy atom. The molecule has 0 spiro atoms. The first-order valence-corrected chi connectivity index (χ1v) is 6.40. The van der Waals surface area contributed by atoms with E-state index in [9.17, 15) is 5.11 Å². The molecule has 0 bridgehead atoms. The summed E-state index contributed by atoms with van der Waals surface area (Å²) in [6.45, 7) is 1.88. The number of aromatic nitrogens is 2. The molecule has 2 aromatic rings. The molecule has 0 aliphatic heterocycles. The Balaban J connectivity index is 2.10. The van der Waals surface area contributed by atoms with Gasteiger partial charge in [-0.25, -0.2) is 4.98 Å². The zero-order valence-electron chi connectivity index (χ0n) is 9.52. The summed E-state index contributed by atoms with van der Waals surface area (Å²) >= 11 is 3.52. The minimum absolute atomic E-state index is 0.348. The van der Waals surface area contributed by atoms with E-state index in [2.05, 4.69) is 25.5 Å². The zero-order valence-corrected chi connectivity index (χ0v) is 11.1. The molecule has 17 heavy (non-hydrogen) atoms. The summed E-state index contributed by atoms with van der Waals surface area (Å²) in [5.74, 6) is 0.541. The monoisotopic (exact) mass is 295 g/mol. The number of aliphatic hydroxyl groups is 1. The van der Waals surface area contributed by atoms with Crippen molar-refractivity contribution >= 4 is 32.7 Å². The Kier molecular flexibility index (Phi) is 2.25. The van der Waals surface area contributed by atoms with Gasteiger partial charge >= 0.3 is 0 Å². The van der Waals surface area contributed by atoms with Gasteiger partial charge in [0.15, 0.2) is 0 Å². The molecule has 0 atom stereocenters. The lowest BCUT2D eigenvalue weighted by Crippen LogP contribution is -2.41. The highest BCUT2D eigenvalue weighted by atomic mass is 79.9. The fourth-order valence-electron chi connectivity index (χ4n) is 2.64. The quantitative estimate of drug-likeness (QED) is 0.849. The van der Waals surface area contributed by atoms with Gasteiger partial charge in [0, 0.05) is 22.9 Å². The fraction of sp³-hybridized carbons (Fsp3) is 0.417. The van der Waals surface area contributed by atoms with Crippen LogP contribution in [-0.4, -0.2) is 20.3 Å². The number of hydrogen-bond donors (Lipinski definition) is 2. The largest absolute Gasteiger partial charge is 0.390 e. The van der Waals surface area contributed by atoms with E-state index in [1.807, 2.05) is 19.2 Å². The second kappa shape index (κ2) is 3.46. The van der Waals surface area contributed by atoms with Gasteiger partial charge in [-0.15, -0.1) is 0 Å². The smallest absolute Gasteiger partial charge is 0.133 e. The van der Waals surface area contributed by atoms with Crippen LogP contribution in [0.3, 0.4) is 0 Å². The number of hydrogen-bond acceptors (Lipinski definition) is 3. The van der Waals surface area contributed by atoms with Crippen molar-refractivity contribution in [3.63, 3.8) is 0 Å². The van der Waals surface area contributed by atoms with Crippen LogP contribution in [0.1, 0.15) is 25.8 Å². The minimum Gasteiger partial charge on any atom is -0.390 e. The summed E-state index contributed by atoms with van der Waals surface area (Å²) in [6.07, 6.45) is 5.32. The van der Waals surface area contributed by atoms with Crippen molar-refractivity contribution in [2.75, 3.05) is 5.73 Å². The van der Waals surface area contributed by atoms with E-state index in [1.165, 1.54) is 0 Å². The molecule has 5 heteroatoms. The van der Waals surface area contributed by atoms with E-state index >= 15 is 0 Å². The minimum atomic E-state index is -0.522. The van der Waals surface area contributed by atoms with Crippen LogP contribution in [0.2, 0.25) is 0 Å². The summed E-state index contributed by atoms with van der Waals surface area (Å²) < 4.78 is 3.14. The summed E-state index contributed by atoms with van der Waals surface area (Å²) in [5, 5.41) is 10.8. The van der Waals surface area contributed by atoms with E-state index in [0.717, 1.165) is 28.2 Å². The van der Waals surface area contributed by atoms with Crippen LogP contribution in [0, 0.1) is 0 Å². The number of nitrogens with zero attached hydrogens (tertiary/aromatic N) is 2. The average molecular weight is 296 g/mol. The van der Waals surface area contributed by atoms with E-state index in [-0.39, 0.29) is 0 Å². The Labute approximate surface area is 108 Å². The predicted molar refractivity (Wildman–Crippen MR) is 70.7 cm³/mol. The Hall–Kier alpha value is -1.07. The van der Waals surface area contributed by atoms with Crippen molar-refractivity contribution in [1.82, 2.24) is 9.55 Å². The summed E-state index contributed by atoms with van der Waals surface area (Å²) in [4.78, 5) is 4.10. The molecule has 3 N–H and O–H groups in total. The third kappa shape index (κ3) is 1.65. The van der Waals surface area contributed by atoms with Crippen molar-refractivity contribution in [1.29, 1.82) is 0 Å². The zero-order chi connectivity index (χ0) is 12.2. The van der Waals surface area contributed by atoms with Crippen LogP contribution in [0.25, 0.3) is 10.9 Å².